The maximum Gasteiger partial charge on any atom is 0.301 e. The van der Waals surface area contributed by atoms with Gasteiger partial charge in [0.05, 0.1) is 44.6 Å². The molecule has 15 nitrogen and oxygen atoms in total. The van der Waals surface area contributed by atoms with Crippen LogP contribution in [0.5, 0.6) is 11.5 Å². The Morgan fingerprint density at radius 1 is 0.926 bits per heavy atom. The lowest BCUT2D eigenvalue weighted by Crippen LogP contribution is -2.60. The van der Waals surface area contributed by atoms with E-state index in [1.165, 1.54) is 50.4 Å². The number of allylic oxidation sites excluding steroid dienone is 2. The topological polar surface area (TPSA) is 194 Å². The van der Waals surface area contributed by atoms with E-state index in [2.05, 4.69) is 15.9 Å². The number of nitrogens with zero attached hydrogens (tertiary/aromatic N) is 5. The second kappa shape index (κ2) is 12.7. The van der Waals surface area contributed by atoms with E-state index in [0.29, 0.717) is 10.5 Å². The highest BCUT2D eigenvalue weighted by molar-refractivity contribution is 9.10. The molecular weight excluding hydrogens is 820 g/mol. The molecule has 2 heterocycles. The minimum Gasteiger partial charge on any atom is -0.503 e. The second-order valence-corrected chi connectivity index (χ2v) is 15.7. The molecule has 2 saturated heterocycles. The minimum absolute atomic E-state index is 0.0263. The summed E-state index contributed by atoms with van der Waals surface area (Å²) in [7, 11) is 4.03. The number of carbonyl (C=O) groups is 4. The van der Waals surface area contributed by atoms with E-state index in [9.17, 15) is 48.9 Å². The highest BCUT2D eigenvalue weighted by Gasteiger charge is 2.76. The Morgan fingerprint density at radius 2 is 1.54 bits per heavy atom. The van der Waals surface area contributed by atoms with Gasteiger partial charge in [0.1, 0.15) is 5.82 Å². The fraction of sp³-hybridized carbons (Fsp3) is 0.314. The third-order valence-corrected chi connectivity index (χ3v) is 12.7. The molecule has 0 bridgehead atoms. The van der Waals surface area contributed by atoms with Gasteiger partial charge in [0.2, 0.25) is 11.8 Å². The van der Waals surface area contributed by atoms with Gasteiger partial charge < -0.3 is 14.7 Å². The van der Waals surface area contributed by atoms with Crippen molar-refractivity contribution >= 4 is 91.2 Å². The van der Waals surface area contributed by atoms with E-state index in [4.69, 9.17) is 27.9 Å². The number of carbonyl (C=O) groups excluding carboxylic acids is 4. The fourth-order valence-corrected chi connectivity index (χ4v) is 9.79. The standard InChI is InChI=1S/C35H27BrCl2FN5O10/c1-40(2)28-23(43(50)51)12-18(13-24(28)44(52)53)41-30(46)20-9-8-19-21(26(20)31(41)47)14-34(37)32(48)42(17-6-4-16(39)5-7-17)33(49)35(34,38)27(19)15-10-22(36)29(45)25(11-15)54-3/h4-8,10-13,20-21,26-27,45H,9,14H2,1-3H3. The summed E-state index contributed by atoms with van der Waals surface area (Å²) in [5.41, 5.74) is -1.60. The molecule has 2 aliphatic carbocycles. The monoisotopic (exact) mass is 845 g/mol. The van der Waals surface area contributed by atoms with E-state index < -0.39 is 96.2 Å². The maximum absolute atomic E-state index is 14.6. The number of hydrogen-bond acceptors (Lipinski definition) is 11. The summed E-state index contributed by atoms with van der Waals surface area (Å²) in [5.74, 6) is -9.21. The number of benzene rings is 3. The normalized spacial score (nSPS) is 27.4. The van der Waals surface area contributed by atoms with Gasteiger partial charge in [-0.15, -0.1) is 23.2 Å². The van der Waals surface area contributed by atoms with Crippen LogP contribution in [0, 0.1) is 43.8 Å². The van der Waals surface area contributed by atoms with E-state index in [0.717, 1.165) is 29.2 Å². The summed E-state index contributed by atoms with van der Waals surface area (Å²) in [6.45, 7) is 0. The van der Waals surface area contributed by atoms with Gasteiger partial charge in [0.15, 0.2) is 26.9 Å². The van der Waals surface area contributed by atoms with Crippen molar-refractivity contribution in [2.75, 3.05) is 35.9 Å². The summed E-state index contributed by atoms with van der Waals surface area (Å²) in [4.78, 5) is 78.3. The van der Waals surface area contributed by atoms with Crippen molar-refractivity contribution in [3.8, 4) is 11.5 Å². The van der Waals surface area contributed by atoms with Crippen molar-refractivity contribution < 1.29 is 43.3 Å². The number of methoxy groups -OCH3 is 1. The van der Waals surface area contributed by atoms with Gasteiger partial charge in [-0.3, -0.25) is 39.4 Å². The molecule has 7 rings (SSSR count). The first-order chi connectivity index (χ1) is 25.4. The highest BCUT2D eigenvalue weighted by Crippen LogP contribution is 2.66. The predicted octanol–water partition coefficient (Wildman–Crippen LogP) is 5.95. The number of phenolic OH excluding ortho intramolecular Hbond substituents is 1. The summed E-state index contributed by atoms with van der Waals surface area (Å²) in [6, 6.07) is 9.19. The summed E-state index contributed by atoms with van der Waals surface area (Å²) >= 11 is 18.1. The van der Waals surface area contributed by atoms with Gasteiger partial charge in [-0.1, -0.05) is 11.6 Å². The Labute approximate surface area is 323 Å². The van der Waals surface area contributed by atoms with Gasteiger partial charge in [0.25, 0.3) is 11.8 Å². The van der Waals surface area contributed by atoms with Crippen molar-refractivity contribution in [2.24, 2.45) is 17.8 Å². The van der Waals surface area contributed by atoms with Gasteiger partial charge in [-0.25, -0.2) is 14.2 Å². The Balaban J connectivity index is 1.41. The number of imide groups is 2. The largest absolute Gasteiger partial charge is 0.503 e. The molecule has 1 saturated carbocycles. The number of rotatable bonds is 7. The quantitative estimate of drug-likeness (QED) is 0.0971. The predicted molar refractivity (Wildman–Crippen MR) is 196 cm³/mol. The van der Waals surface area contributed by atoms with Crippen LogP contribution in [-0.2, 0) is 19.2 Å². The lowest BCUT2D eigenvalue weighted by atomic mass is 9.56. The molecule has 6 unspecified atom stereocenters. The third kappa shape index (κ3) is 5.04. The first kappa shape index (κ1) is 37.2. The zero-order valence-corrected chi connectivity index (χ0v) is 31.4. The van der Waals surface area contributed by atoms with Crippen LogP contribution in [0.3, 0.4) is 0 Å². The number of hydrogen-bond donors (Lipinski definition) is 1. The molecule has 19 heteroatoms. The van der Waals surface area contributed by atoms with E-state index in [1.807, 2.05) is 0 Å². The Bertz CT molecular complexity index is 2240. The van der Waals surface area contributed by atoms with Crippen molar-refractivity contribution in [3.63, 3.8) is 0 Å². The molecule has 3 aromatic carbocycles. The summed E-state index contributed by atoms with van der Waals surface area (Å²) < 4.78 is 19.5. The third-order valence-electron chi connectivity index (χ3n) is 10.7. The first-order valence-electron chi connectivity index (χ1n) is 16.2. The van der Waals surface area contributed by atoms with Crippen LogP contribution in [-0.4, -0.2) is 69.5 Å². The molecule has 0 spiro atoms. The number of fused-ring (bicyclic) bond motifs is 4. The molecule has 2 aliphatic heterocycles. The first-order valence-corrected chi connectivity index (χ1v) is 17.7. The van der Waals surface area contributed by atoms with Crippen LogP contribution < -0.4 is 19.4 Å². The molecule has 0 radical (unpaired) electrons. The molecule has 54 heavy (non-hydrogen) atoms. The van der Waals surface area contributed by atoms with Crippen molar-refractivity contribution in [1.82, 2.24) is 0 Å². The highest BCUT2D eigenvalue weighted by atomic mass is 79.9. The summed E-state index contributed by atoms with van der Waals surface area (Å²) in [6.07, 6.45) is 1.11. The molecule has 0 aromatic heterocycles. The smallest absolute Gasteiger partial charge is 0.301 e. The van der Waals surface area contributed by atoms with Crippen LogP contribution in [0.4, 0.5) is 32.8 Å². The number of nitro benzene ring substituents is 2. The number of alkyl halides is 2. The molecule has 1 N–H and O–H groups in total. The number of ether oxygens (including phenoxy) is 1. The average molecular weight is 847 g/mol. The Hall–Kier alpha value is -5.13. The number of halogens is 4. The molecule has 3 fully saturated rings. The SMILES string of the molecule is COc1cc(C2C3=CCC4C(=O)N(c5cc([N+](=O)[O-])c(N(C)C)c([N+](=O)[O-])c5)C(=O)C4C3CC3(Cl)C(=O)N(c4ccc(F)cc4)C(=O)C23Cl)cc(Br)c1O. The van der Waals surface area contributed by atoms with Crippen LogP contribution >= 0.6 is 39.1 Å². The van der Waals surface area contributed by atoms with E-state index in [1.54, 1.807) is 6.08 Å². The number of aromatic hydroxyl groups is 1. The Morgan fingerprint density at radius 3 is 2.09 bits per heavy atom. The number of nitro groups is 2. The van der Waals surface area contributed by atoms with E-state index >= 15 is 0 Å². The van der Waals surface area contributed by atoms with Gasteiger partial charge >= 0.3 is 11.4 Å². The number of amides is 4. The van der Waals surface area contributed by atoms with Gasteiger partial charge in [-0.2, -0.15) is 0 Å². The van der Waals surface area contributed by atoms with Crippen molar-refractivity contribution in [3.05, 3.63) is 96.3 Å². The zero-order chi connectivity index (χ0) is 39.3. The molecule has 3 aromatic rings. The average Bonchev–Trinajstić information content (AvgIpc) is 3.46. The summed E-state index contributed by atoms with van der Waals surface area (Å²) in [5, 5.41) is 34.9. The maximum atomic E-state index is 14.6. The lowest BCUT2D eigenvalue weighted by Gasteiger charge is -2.50. The molecular formula is C35H27BrCl2FN5O10. The van der Waals surface area contributed by atoms with Gasteiger partial charge in [0, 0.05) is 32.1 Å². The second-order valence-electron chi connectivity index (χ2n) is 13.6. The molecule has 6 atom stereocenters. The number of anilines is 3. The zero-order valence-electron chi connectivity index (χ0n) is 28.3. The lowest BCUT2D eigenvalue weighted by molar-refractivity contribution is -0.392. The van der Waals surface area contributed by atoms with E-state index in [-0.39, 0.29) is 39.3 Å². The van der Waals surface area contributed by atoms with Crippen molar-refractivity contribution in [2.45, 2.75) is 28.5 Å². The van der Waals surface area contributed by atoms with Crippen LogP contribution in [0.25, 0.3) is 0 Å². The fourth-order valence-electron chi connectivity index (χ4n) is 8.40. The Kier molecular flexibility index (Phi) is 8.77. The van der Waals surface area contributed by atoms with Crippen LogP contribution in [0.15, 0.2) is 64.7 Å². The van der Waals surface area contributed by atoms with Gasteiger partial charge in [-0.05, 0) is 76.7 Å². The number of phenols is 1. The molecule has 4 aliphatic rings. The van der Waals surface area contributed by atoms with Crippen molar-refractivity contribution in [1.29, 1.82) is 0 Å². The van der Waals surface area contributed by atoms with Crippen LogP contribution in [0.2, 0.25) is 0 Å². The minimum atomic E-state index is -2.29. The van der Waals surface area contributed by atoms with Crippen LogP contribution in [0.1, 0.15) is 24.3 Å². The molecule has 280 valence electrons. The molecule has 4 amide bonds.